The number of carbonyl (C=O) groups is 1. The third-order valence-electron chi connectivity index (χ3n) is 0.118. The van der Waals surface area contributed by atoms with Crippen LogP contribution in [0.4, 0.5) is 0 Å². The molecule has 0 aromatic carbocycles. The lowest BCUT2D eigenvalue weighted by Crippen LogP contribution is -1.78. The number of carbonyl (C=O) groups excluding carboxylic acids is 1. The Labute approximate surface area is 50.4 Å². The van der Waals surface area contributed by atoms with Crippen LogP contribution >= 0.6 is 0 Å². The first-order valence-electron chi connectivity index (χ1n) is 2.00. The third kappa shape index (κ3) is 4690. The van der Waals surface area contributed by atoms with Gasteiger partial charge in [-0.2, -0.15) is 0 Å². The maximum Gasteiger partial charge on any atom is 0.300 e. The van der Waals surface area contributed by atoms with Crippen LogP contribution in [-0.2, 0) is 9.59 Å². The number of carboxylic acid groups (broad SMARTS) is 1. The van der Waals surface area contributed by atoms with Gasteiger partial charge >= 0.3 is 0 Å². The molecule has 0 bridgehead atoms. The van der Waals surface area contributed by atoms with Crippen molar-refractivity contribution in [3.8, 4) is 0 Å². The largest absolute Gasteiger partial charge is 0.481 e. The number of rotatable bonds is 0. The van der Waals surface area contributed by atoms with E-state index in [1.165, 1.54) is 5.70 Å². The summed E-state index contributed by atoms with van der Waals surface area (Å²) in [6.45, 7) is 1.08. The summed E-state index contributed by atoms with van der Waals surface area (Å²) in [6.07, 6.45) is 0. The van der Waals surface area contributed by atoms with Crippen molar-refractivity contribution in [2.75, 3.05) is 0 Å². The minimum Gasteiger partial charge on any atom is -0.481 e. The van der Waals surface area contributed by atoms with E-state index < -0.39 is 5.97 Å². The molecule has 0 aliphatic heterocycles. The van der Waals surface area contributed by atoms with Crippen molar-refractivity contribution < 1.29 is 14.7 Å². The molecule has 0 radical (unpaired) electrons. The van der Waals surface area contributed by atoms with Gasteiger partial charge in [0.15, 0.2) is 0 Å². The molecule has 0 amide bonds. The first kappa shape index (κ1) is 10.2. The summed E-state index contributed by atoms with van der Waals surface area (Å²) in [5.74, 6) is 0.784. The van der Waals surface area contributed by atoms with Gasteiger partial charge in [0, 0.05) is 17.2 Å². The van der Waals surface area contributed by atoms with Crippen molar-refractivity contribution in [1.82, 2.24) is 0 Å². The van der Waals surface area contributed by atoms with Crippen LogP contribution in [0.3, 0.4) is 0 Å². The summed E-state index contributed by atoms with van der Waals surface area (Å²) in [4.78, 5) is 18.0. The van der Waals surface area contributed by atoms with Crippen LogP contribution in [0.25, 0.3) is 0 Å². The second kappa shape index (κ2) is 9.46. The molecule has 4 heteroatoms. The average Bonchev–Trinajstić information content (AvgIpc) is 1.65. The standard InChI is InChI=1S/C2H4O2.C2H4OSi/c1-2(3)4;3-1-2-4/h1H3,(H,3,4);2H,4H3. The van der Waals surface area contributed by atoms with Crippen LogP contribution in [0.2, 0.25) is 0 Å². The van der Waals surface area contributed by atoms with Gasteiger partial charge in [-0.15, -0.1) is 0 Å². The molecule has 0 saturated carbocycles. The van der Waals surface area contributed by atoms with Crippen LogP contribution in [0.1, 0.15) is 6.92 Å². The molecular formula is C4H8O3Si. The highest BCUT2D eigenvalue weighted by Crippen LogP contribution is 1.42. The second-order valence-corrected chi connectivity index (χ2v) is 1.50. The van der Waals surface area contributed by atoms with E-state index in [0.717, 1.165) is 17.2 Å². The summed E-state index contributed by atoms with van der Waals surface area (Å²) >= 11 is 0. The Balaban J connectivity index is 0. The highest BCUT2D eigenvalue weighted by molar-refractivity contribution is 6.20. The first-order chi connectivity index (χ1) is 3.65. The van der Waals surface area contributed by atoms with Crippen molar-refractivity contribution in [2.24, 2.45) is 0 Å². The molecule has 0 aromatic rings. The maximum atomic E-state index is 9.03. The van der Waals surface area contributed by atoms with Gasteiger partial charge in [0.1, 0.15) is 5.94 Å². The lowest BCUT2D eigenvalue weighted by molar-refractivity contribution is -0.134. The predicted octanol–water partition coefficient (Wildman–Crippen LogP) is -1.21. The van der Waals surface area contributed by atoms with Gasteiger partial charge in [0.25, 0.3) is 5.97 Å². The van der Waals surface area contributed by atoms with Crippen molar-refractivity contribution in [1.29, 1.82) is 0 Å². The van der Waals surface area contributed by atoms with E-state index in [-0.39, 0.29) is 0 Å². The van der Waals surface area contributed by atoms with Crippen LogP contribution in [0.15, 0.2) is 5.70 Å². The fraction of sp³-hybridized carbons (Fsp3) is 0.250. The van der Waals surface area contributed by atoms with Crippen molar-refractivity contribution in [3.63, 3.8) is 0 Å². The molecule has 0 aliphatic carbocycles. The molecule has 46 valence electrons. The van der Waals surface area contributed by atoms with Gasteiger partial charge in [0.05, 0.1) is 0 Å². The molecule has 8 heavy (non-hydrogen) atoms. The van der Waals surface area contributed by atoms with Crippen molar-refractivity contribution in [3.05, 3.63) is 5.70 Å². The summed E-state index contributed by atoms with van der Waals surface area (Å²) in [5.41, 5.74) is 1.46. The van der Waals surface area contributed by atoms with Crippen molar-refractivity contribution in [2.45, 2.75) is 6.92 Å². The Kier molecular flexibility index (Phi) is 12.0. The van der Waals surface area contributed by atoms with E-state index in [2.05, 4.69) is 0 Å². The quantitative estimate of drug-likeness (QED) is 0.332. The number of aliphatic carboxylic acids is 1. The topological polar surface area (TPSA) is 54.4 Å². The average molecular weight is 132 g/mol. The molecular weight excluding hydrogens is 124 g/mol. The zero-order valence-electron chi connectivity index (χ0n) is 4.84. The number of carboxylic acids is 1. The molecule has 1 N–H and O–H groups in total. The molecule has 0 spiro atoms. The fourth-order valence-electron chi connectivity index (χ4n) is 0. The number of hydrogen-bond acceptors (Lipinski definition) is 2. The zero-order chi connectivity index (χ0) is 6.99. The van der Waals surface area contributed by atoms with E-state index in [9.17, 15) is 0 Å². The van der Waals surface area contributed by atoms with E-state index in [0.29, 0.717) is 0 Å². The molecule has 0 unspecified atom stereocenters. The molecule has 3 nitrogen and oxygen atoms in total. The minimum absolute atomic E-state index is 0.833. The molecule has 0 heterocycles. The summed E-state index contributed by atoms with van der Waals surface area (Å²) < 4.78 is 0. The third-order valence-corrected chi connectivity index (χ3v) is 0.354. The van der Waals surface area contributed by atoms with E-state index >= 15 is 0 Å². The van der Waals surface area contributed by atoms with E-state index in [1.54, 1.807) is 5.94 Å². The molecule has 0 rings (SSSR count). The van der Waals surface area contributed by atoms with Gasteiger partial charge in [0.2, 0.25) is 0 Å². The first-order valence-corrected chi connectivity index (χ1v) is 3.15. The molecule has 0 aliphatic rings. The minimum atomic E-state index is -0.833. The van der Waals surface area contributed by atoms with Gasteiger partial charge in [-0.05, 0) is 5.70 Å². The molecule has 0 fully saturated rings. The molecule has 0 saturated heterocycles. The van der Waals surface area contributed by atoms with E-state index in [4.69, 9.17) is 14.7 Å². The second-order valence-electron chi connectivity index (χ2n) is 0.926. The van der Waals surface area contributed by atoms with E-state index in [1.807, 2.05) is 0 Å². The van der Waals surface area contributed by atoms with Crippen LogP contribution in [0, 0.1) is 0 Å². The van der Waals surface area contributed by atoms with Crippen LogP contribution in [-0.4, -0.2) is 27.3 Å². The Hall–Kier alpha value is -0.863. The lowest BCUT2D eigenvalue weighted by atomic mass is 10.9. The summed E-state index contributed by atoms with van der Waals surface area (Å²) in [7, 11) is 0.841. The van der Waals surface area contributed by atoms with Crippen molar-refractivity contribution >= 4 is 22.2 Å². The number of hydrogen-bond donors (Lipinski definition) is 1. The maximum absolute atomic E-state index is 9.03. The lowest BCUT2D eigenvalue weighted by Gasteiger charge is -1.59. The Morgan fingerprint density at radius 1 is 1.88 bits per heavy atom. The van der Waals surface area contributed by atoms with Gasteiger partial charge in [-0.3, -0.25) is 4.79 Å². The highest BCUT2D eigenvalue weighted by atomic mass is 28.1. The fourth-order valence-corrected chi connectivity index (χ4v) is 0. The summed E-state index contributed by atoms with van der Waals surface area (Å²) in [6, 6.07) is 0. The van der Waals surface area contributed by atoms with Gasteiger partial charge < -0.3 is 5.11 Å². The van der Waals surface area contributed by atoms with Gasteiger partial charge in [-0.1, -0.05) is 0 Å². The Bertz CT molecular complexity index is 99.9. The molecule has 0 atom stereocenters. The monoisotopic (exact) mass is 132 g/mol. The Morgan fingerprint density at radius 3 is 2.00 bits per heavy atom. The normalized spacial score (nSPS) is 5.62. The summed E-state index contributed by atoms with van der Waals surface area (Å²) in [5, 5.41) is 7.42. The van der Waals surface area contributed by atoms with Gasteiger partial charge in [-0.25, -0.2) is 4.79 Å². The SMILES string of the molecule is CC(=O)O.O=C=C[SiH3]. The van der Waals surface area contributed by atoms with Crippen LogP contribution in [0.5, 0.6) is 0 Å². The predicted molar refractivity (Wildman–Crippen MR) is 33.5 cm³/mol. The highest BCUT2D eigenvalue weighted by Gasteiger charge is 1.65. The zero-order valence-corrected chi connectivity index (χ0v) is 6.84. The smallest absolute Gasteiger partial charge is 0.300 e. The Morgan fingerprint density at radius 2 is 2.00 bits per heavy atom. The van der Waals surface area contributed by atoms with Crippen LogP contribution < -0.4 is 0 Å². The molecule has 0 aromatic heterocycles.